The number of ether oxygens (including phenoxy) is 5. The van der Waals surface area contributed by atoms with Crippen LogP contribution in [0, 0.1) is 30.6 Å². The van der Waals surface area contributed by atoms with Crippen molar-refractivity contribution in [2.75, 3.05) is 46.3 Å². The second-order valence-electron chi connectivity index (χ2n) is 24.8. The summed E-state index contributed by atoms with van der Waals surface area (Å²) in [6.07, 6.45) is 4.86. The lowest BCUT2D eigenvalue weighted by atomic mass is 9.78. The molecule has 1 unspecified atom stereocenters. The van der Waals surface area contributed by atoms with Gasteiger partial charge in [-0.05, 0) is 124 Å². The average molecular weight is 1260 g/mol. The topological polar surface area (TPSA) is 283 Å². The van der Waals surface area contributed by atoms with Gasteiger partial charge in [0, 0.05) is 76.9 Å². The molecule has 0 saturated carbocycles. The SMILES string of the molecule is COc1cc2cc(c1Cl)N(C)C(=O)C[C@H](OC(=O)[C@H](C)N(C)C(=O)c1ccc(CC(=O)[C@H](CCCNC(N)=O)NC(=O)[C@@H](CC(=S)CCCCCN3C(=O)CC(C)C3=O)C(C)C)c(C)c1)[C@]1(C)O[C@H]1[C@H](C)[C@@H]1C[C@@](O)(CC(=O)O1)[C@H](OC)/C=C/C=C(\C)C2. The van der Waals surface area contributed by atoms with Gasteiger partial charge in [0.1, 0.15) is 46.3 Å². The van der Waals surface area contributed by atoms with Gasteiger partial charge in [0.05, 0.1) is 37.8 Å². The molecule has 3 fully saturated rings. The summed E-state index contributed by atoms with van der Waals surface area (Å²) < 4.78 is 29.9. The highest BCUT2D eigenvalue weighted by Crippen LogP contribution is 2.50. The number of primary amides is 1. The molecule has 482 valence electrons. The van der Waals surface area contributed by atoms with E-state index in [1.54, 1.807) is 77.2 Å². The second-order valence-corrected chi connectivity index (χ2v) is 25.8. The average Bonchev–Trinajstić information content (AvgIpc) is 1.73. The zero-order valence-electron chi connectivity index (χ0n) is 52.9. The normalized spacial score (nSPS) is 26.0. The number of carbonyl (C=O) groups excluding carboxylic acids is 9. The van der Waals surface area contributed by atoms with Gasteiger partial charge in [0.15, 0.2) is 5.78 Å². The number of benzene rings is 2. The number of ketones is 1. The number of imide groups is 1. The Morgan fingerprint density at radius 1 is 0.989 bits per heavy atom. The third-order valence-corrected chi connectivity index (χ3v) is 18.5. The molecule has 0 aromatic heterocycles. The zero-order valence-corrected chi connectivity index (χ0v) is 54.4. The number of likely N-dealkylation sites (tertiary alicyclic amines) is 1. The van der Waals surface area contributed by atoms with Crippen LogP contribution >= 0.6 is 23.8 Å². The van der Waals surface area contributed by atoms with E-state index in [4.69, 9.17) is 53.2 Å². The van der Waals surface area contributed by atoms with E-state index in [2.05, 4.69) is 10.6 Å². The van der Waals surface area contributed by atoms with Crippen LogP contribution in [0.4, 0.5) is 10.5 Å². The molecule has 7 amide bonds. The van der Waals surface area contributed by atoms with Crippen molar-refractivity contribution in [3.8, 4) is 5.75 Å². The highest BCUT2D eigenvalue weighted by Gasteiger charge is 2.64. The summed E-state index contributed by atoms with van der Waals surface area (Å²) >= 11 is 12.6. The largest absolute Gasteiger partial charge is 0.495 e. The van der Waals surface area contributed by atoms with E-state index in [1.807, 2.05) is 26.8 Å². The standard InChI is InChI=1S/C65H89ClN6O15S/c1-36(2)46(32-45(88)19-14-13-15-25-72-55(75)28-39(5)60(72)78)59(77)69-47(20-17-24-68-63(67)81)49(73)31-43-22-23-44(27-38(43)4)61(79)70(9)41(7)62(80)86-53-33-54(74)71(10)48-29-42(30-50(83-11)57(48)66)26-37(3)18-16-21-52(84-12)65(82)34-51(85-56(76)35-65)40(6)58-64(53,8)87-58/h16,18,21-23,27,29-30,36,39-41,46-47,51-53,58,82H,13-15,17,19-20,24-26,28,31-35H2,1-12H3,(H,69,77)(H3,67,68,81)/b21-16+,37-18+/t39?,40-,41+,46+,47+,51+,52-,53+,58+,64+,65-/m1/s1. The van der Waals surface area contributed by atoms with Crippen LogP contribution in [0.25, 0.3) is 0 Å². The van der Waals surface area contributed by atoms with Gasteiger partial charge in [-0.2, -0.15) is 0 Å². The molecule has 5 N–H and O–H groups in total. The fourth-order valence-corrected chi connectivity index (χ4v) is 12.6. The van der Waals surface area contributed by atoms with Gasteiger partial charge in [-0.3, -0.25) is 38.5 Å². The van der Waals surface area contributed by atoms with Gasteiger partial charge >= 0.3 is 18.0 Å². The molecule has 4 aliphatic rings. The van der Waals surface area contributed by atoms with Crippen molar-refractivity contribution in [1.29, 1.82) is 0 Å². The molecule has 88 heavy (non-hydrogen) atoms. The number of thiocarbonyl (C=S) groups is 1. The number of methoxy groups -OCH3 is 2. The van der Waals surface area contributed by atoms with Crippen molar-refractivity contribution in [1.82, 2.24) is 20.4 Å². The van der Waals surface area contributed by atoms with Gasteiger partial charge < -0.3 is 55.0 Å². The van der Waals surface area contributed by atoms with Crippen molar-refractivity contribution in [2.24, 2.45) is 29.4 Å². The number of nitrogens with one attached hydrogen (secondary N) is 2. The quantitative estimate of drug-likeness (QED) is 0.0261. The molecule has 3 saturated heterocycles. The predicted molar refractivity (Wildman–Crippen MR) is 335 cm³/mol. The Kier molecular flexibility index (Phi) is 24.6. The maximum Gasteiger partial charge on any atom is 0.328 e. The molecule has 4 aliphatic heterocycles. The van der Waals surface area contributed by atoms with Gasteiger partial charge in [-0.25, -0.2) is 9.59 Å². The van der Waals surface area contributed by atoms with Crippen molar-refractivity contribution >= 4 is 87.7 Å². The summed E-state index contributed by atoms with van der Waals surface area (Å²) in [6, 6.07) is 5.45. The lowest BCUT2D eigenvalue weighted by Crippen LogP contribution is -2.53. The summed E-state index contributed by atoms with van der Waals surface area (Å²) in [7, 11) is 5.90. The fourth-order valence-electron chi connectivity index (χ4n) is 11.9. The van der Waals surface area contributed by atoms with Crippen LogP contribution in [-0.4, -0.2) is 162 Å². The van der Waals surface area contributed by atoms with Crippen LogP contribution in [0.3, 0.4) is 0 Å². The number of Topliss-reactive ketones (excluding diaryl/α,β-unsaturated/α-hetero) is 1. The molecule has 2 aromatic rings. The zero-order chi connectivity index (χ0) is 65.1. The summed E-state index contributed by atoms with van der Waals surface area (Å²) in [5.74, 6) is -4.71. The van der Waals surface area contributed by atoms with Crippen LogP contribution in [0.2, 0.25) is 5.02 Å². The number of fused-ring (bicyclic) bond motifs is 5. The molecule has 4 bridgehead atoms. The van der Waals surface area contributed by atoms with Gasteiger partial charge in [-0.1, -0.05) is 87.8 Å². The van der Waals surface area contributed by atoms with Crippen LogP contribution in [0.15, 0.2) is 54.1 Å². The van der Waals surface area contributed by atoms with E-state index in [9.17, 15) is 48.3 Å². The number of aryl methyl sites for hydroxylation is 1. The lowest BCUT2D eigenvalue weighted by molar-refractivity contribution is -0.187. The number of hydrogen-bond donors (Lipinski definition) is 4. The molecular weight excluding hydrogens is 1170 g/mol. The number of amides is 7. The lowest BCUT2D eigenvalue weighted by Gasteiger charge is -2.41. The number of halogens is 1. The number of aliphatic hydroxyl groups is 1. The molecule has 6 rings (SSSR count). The molecule has 0 spiro atoms. The molecule has 0 aliphatic carbocycles. The fraction of sp³-hybridized carbons (Fsp3) is 0.600. The Morgan fingerprint density at radius 3 is 2.34 bits per heavy atom. The molecule has 11 atom stereocenters. The number of nitrogens with zero attached hydrogens (tertiary/aromatic N) is 3. The van der Waals surface area contributed by atoms with Crippen molar-refractivity contribution in [3.63, 3.8) is 0 Å². The van der Waals surface area contributed by atoms with E-state index in [0.29, 0.717) is 66.1 Å². The number of rotatable bonds is 24. The summed E-state index contributed by atoms with van der Waals surface area (Å²) in [6.45, 7) is 14.7. The molecule has 21 nitrogen and oxygen atoms in total. The van der Waals surface area contributed by atoms with Crippen LogP contribution in [0.1, 0.15) is 146 Å². The number of esters is 2. The molecule has 2 aromatic carbocycles. The summed E-state index contributed by atoms with van der Waals surface area (Å²) in [4.78, 5) is 125. The third-order valence-electron chi connectivity index (χ3n) is 17.7. The first-order valence-electron chi connectivity index (χ1n) is 30.3. The molecule has 23 heteroatoms. The van der Waals surface area contributed by atoms with E-state index in [-0.39, 0.29) is 84.6 Å². The number of unbranched alkanes of at least 4 members (excludes halogenated alkanes) is 2. The Labute approximate surface area is 527 Å². The maximum atomic E-state index is 14.6. The number of carbonyl (C=O) groups is 9. The Hall–Kier alpha value is -6.59. The minimum absolute atomic E-state index is 0.00936. The monoisotopic (exact) mass is 1260 g/mol. The van der Waals surface area contributed by atoms with E-state index in [0.717, 1.165) is 24.0 Å². The number of anilines is 1. The van der Waals surface area contributed by atoms with Gasteiger partial charge in [0.25, 0.3) is 5.91 Å². The number of urea groups is 1. The Morgan fingerprint density at radius 2 is 1.70 bits per heavy atom. The van der Waals surface area contributed by atoms with E-state index < -0.39 is 95.7 Å². The van der Waals surface area contributed by atoms with E-state index >= 15 is 0 Å². The first kappa shape index (κ1) is 70.5. The number of allylic oxidation sites excluding steroid dienone is 3. The minimum atomic E-state index is -1.66. The highest BCUT2D eigenvalue weighted by atomic mass is 35.5. The smallest absolute Gasteiger partial charge is 0.328 e. The minimum Gasteiger partial charge on any atom is -0.495 e. The van der Waals surface area contributed by atoms with Crippen molar-refractivity contribution in [2.45, 2.75) is 187 Å². The second kappa shape index (κ2) is 30.8. The number of likely N-dealkylation sites (N-methyl/N-ethyl adjacent to an activating group) is 1. The first-order valence-corrected chi connectivity index (χ1v) is 31.1. The van der Waals surface area contributed by atoms with Crippen molar-refractivity contribution in [3.05, 3.63) is 81.4 Å². The Balaban J connectivity index is 1.16. The maximum absolute atomic E-state index is 14.6. The first-order chi connectivity index (χ1) is 41.4. The van der Waals surface area contributed by atoms with Crippen LogP contribution in [0.5, 0.6) is 5.75 Å². The van der Waals surface area contributed by atoms with Gasteiger partial charge in [0.2, 0.25) is 23.6 Å². The predicted octanol–water partition coefficient (Wildman–Crippen LogP) is 7.42. The molecule has 0 radical (unpaired) electrons. The number of epoxide rings is 1. The molecule has 4 heterocycles. The summed E-state index contributed by atoms with van der Waals surface area (Å²) in [5.41, 5.74) is 5.69. The number of hydrogen-bond acceptors (Lipinski definition) is 16. The van der Waals surface area contributed by atoms with Gasteiger partial charge in [-0.15, -0.1) is 0 Å². The molecular formula is C65H89ClN6O15S. The van der Waals surface area contributed by atoms with E-state index in [1.165, 1.54) is 42.9 Å². The van der Waals surface area contributed by atoms with Crippen LogP contribution in [-0.2, 0) is 65.4 Å². The summed E-state index contributed by atoms with van der Waals surface area (Å²) in [5, 5.41) is 17.7. The Bertz CT molecular complexity index is 3040. The third kappa shape index (κ3) is 17.6. The van der Waals surface area contributed by atoms with Crippen LogP contribution < -0.4 is 26.0 Å². The number of nitrogens with two attached hydrogens (primary N) is 1. The van der Waals surface area contributed by atoms with Crippen molar-refractivity contribution < 1.29 is 71.9 Å². The highest BCUT2D eigenvalue weighted by molar-refractivity contribution is 7.80.